The van der Waals surface area contributed by atoms with Gasteiger partial charge in [-0.3, -0.25) is 14.4 Å². The molecule has 0 N–H and O–H groups in total. The van der Waals surface area contributed by atoms with Gasteiger partial charge in [-0.2, -0.15) is 0 Å². The fourth-order valence-corrected chi connectivity index (χ4v) is 7.86. The average molecular weight is 563 g/mol. The normalized spacial score (nSPS) is 28.7. The van der Waals surface area contributed by atoms with E-state index in [1.54, 1.807) is 0 Å². The van der Waals surface area contributed by atoms with E-state index in [9.17, 15) is 14.4 Å². The molecule has 40 heavy (non-hydrogen) atoms. The summed E-state index contributed by atoms with van der Waals surface area (Å²) in [6.45, 7) is 8.06. The van der Waals surface area contributed by atoms with Gasteiger partial charge in [-0.1, -0.05) is 40.0 Å². The van der Waals surface area contributed by atoms with E-state index in [2.05, 4.69) is 0 Å². The molecular formula is C34H58O6. The molecule has 0 aromatic carbocycles. The topological polar surface area (TPSA) is 78.9 Å². The summed E-state index contributed by atoms with van der Waals surface area (Å²) in [5, 5.41) is 0. The summed E-state index contributed by atoms with van der Waals surface area (Å²) in [5.41, 5.74) is -0.501. The van der Waals surface area contributed by atoms with Gasteiger partial charge in [0.1, 0.15) is 17.3 Å². The maximum absolute atomic E-state index is 11.6. The Bertz CT molecular complexity index is 694. The highest BCUT2D eigenvalue weighted by Crippen LogP contribution is 2.63. The van der Waals surface area contributed by atoms with Gasteiger partial charge in [-0.05, 0) is 63.7 Å². The number of carbonyl (C=O) groups is 3. The molecule has 0 atom stereocenters. The smallest absolute Gasteiger partial charge is 0.132 e. The van der Waals surface area contributed by atoms with Crippen LogP contribution in [0.4, 0.5) is 0 Å². The molecular weight excluding hydrogens is 504 g/mol. The van der Waals surface area contributed by atoms with Crippen molar-refractivity contribution in [3.05, 3.63) is 0 Å². The molecule has 0 heterocycles. The minimum atomic E-state index is -0.167. The van der Waals surface area contributed by atoms with Crippen LogP contribution in [0.3, 0.4) is 0 Å². The molecule has 0 saturated heterocycles. The fourth-order valence-electron chi connectivity index (χ4n) is 7.86. The van der Waals surface area contributed by atoms with Crippen LogP contribution < -0.4 is 0 Å². The highest BCUT2D eigenvalue weighted by Gasteiger charge is 2.65. The van der Waals surface area contributed by atoms with Crippen molar-refractivity contribution in [3.63, 3.8) is 0 Å². The lowest BCUT2D eigenvalue weighted by Crippen LogP contribution is -2.68. The molecule has 4 rings (SSSR count). The number of ketones is 3. The van der Waals surface area contributed by atoms with Gasteiger partial charge in [-0.25, -0.2) is 0 Å². The number of unbranched alkanes of at least 4 members (excludes halogenated alkanes) is 6. The van der Waals surface area contributed by atoms with Crippen LogP contribution in [0.5, 0.6) is 0 Å². The lowest BCUT2D eigenvalue weighted by molar-refractivity contribution is -0.291. The number of carbonyl (C=O) groups excluding carboxylic acids is 3. The van der Waals surface area contributed by atoms with Crippen molar-refractivity contribution in [1.29, 1.82) is 0 Å². The summed E-state index contributed by atoms with van der Waals surface area (Å²) in [6.07, 6.45) is 19.2. The van der Waals surface area contributed by atoms with Gasteiger partial charge in [-0.15, -0.1) is 0 Å². The number of ether oxygens (including phenoxy) is 3. The summed E-state index contributed by atoms with van der Waals surface area (Å²) in [7, 11) is 0. The van der Waals surface area contributed by atoms with E-state index in [1.165, 1.54) is 0 Å². The van der Waals surface area contributed by atoms with Crippen LogP contribution in [0, 0.1) is 5.92 Å². The number of hydrogen-bond acceptors (Lipinski definition) is 6. The van der Waals surface area contributed by atoms with Crippen LogP contribution in [0.2, 0.25) is 0 Å². The molecule has 230 valence electrons. The number of hydrogen-bond donors (Lipinski definition) is 0. The zero-order valence-electron chi connectivity index (χ0n) is 26.0. The van der Waals surface area contributed by atoms with Crippen molar-refractivity contribution in [2.45, 2.75) is 172 Å². The van der Waals surface area contributed by atoms with E-state index in [0.29, 0.717) is 61.8 Å². The van der Waals surface area contributed by atoms with E-state index in [4.69, 9.17) is 14.2 Å². The van der Waals surface area contributed by atoms with Crippen molar-refractivity contribution in [1.82, 2.24) is 0 Å². The van der Waals surface area contributed by atoms with Gasteiger partial charge < -0.3 is 14.2 Å². The summed E-state index contributed by atoms with van der Waals surface area (Å²) in [4.78, 5) is 34.9. The van der Waals surface area contributed by atoms with Crippen LogP contribution >= 0.6 is 0 Å². The third kappa shape index (κ3) is 10.3. The lowest BCUT2D eigenvalue weighted by Gasteiger charge is -2.65. The Labute approximate surface area is 244 Å². The standard InChI is InChI=1S/C34H58O6/c1-4-29(35)16-10-7-13-19-38-32-22-28-23-33(25-32,39-20-14-8-11-17-30(36)5-2)27-34(24-28,26-32)40-21-15-9-12-18-31(37)6-3/h28H,4-27H2,1-3H3. The van der Waals surface area contributed by atoms with E-state index >= 15 is 0 Å². The summed E-state index contributed by atoms with van der Waals surface area (Å²) >= 11 is 0. The Hall–Kier alpha value is -1.11. The SMILES string of the molecule is CCC(=O)CCCCCOC12CC3CC(OCCCCCC(=O)CC)(C1)CC(OCCCCCC(=O)CC)(C3)C2. The van der Waals surface area contributed by atoms with Crippen molar-refractivity contribution >= 4 is 17.3 Å². The molecule has 0 aliphatic heterocycles. The van der Waals surface area contributed by atoms with E-state index in [-0.39, 0.29) is 16.8 Å². The molecule has 6 nitrogen and oxygen atoms in total. The summed E-state index contributed by atoms with van der Waals surface area (Å²) in [5.74, 6) is 1.64. The average Bonchev–Trinajstić information content (AvgIpc) is 2.93. The van der Waals surface area contributed by atoms with Gasteiger partial charge in [0.2, 0.25) is 0 Å². The molecule has 4 aliphatic rings. The molecule has 0 unspecified atom stereocenters. The van der Waals surface area contributed by atoms with Crippen LogP contribution in [0.25, 0.3) is 0 Å². The molecule has 4 saturated carbocycles. The third-order valence-electron chi connectivity index (χ3n) is 9.62. The Morgan fingerprint density at radius 1 is 0.500 bits per heavy atom. The van der Waals surface area contributed by atoms with Crippen molar-refractivity contribution < 1.29 is 28.6 Å². The lowest BCUT2D eigenvalue weighted by atomic mass is 9.50. The highest BCUT2D eigenvalue weighted by atomic mass is 16.5. The Balaban J connectivity index is 1.54. The maximum atomic E-state index is 11.6. The molecule has 4 fully saturated rings. The summed E-state index contributed by atoms with van der Waals surface area (Å²) < 4.78 is 20.3. The predicted octanol–water partition coefficient (Wildman–Crippen LogP) is 7.87. The van der Waals surface area contributed by atoms with E-state index in [0.717, 1.165) is 116 Å². The second-order valence-electron chi connectivity index (χ2n) is 13.2. The second-order valence-corrected chi connectivity index (χ2v) is 13.2. The largest absolute Gasteiger partial charge is 0.375 e. The first-order valence-corrected chi connectivity index (χ1v) is 16.7. The fraction of sp³-hybridized carbons (Fsp3) is 0.912. The predicted molar refractivity (Wildman–Crippen MR) is 159 cm³/mol. The van der Waals surface area contributed by atoms with Gasteiger partial charge in [0.05, 0.1) is 16.8 Å². The Kier molecular flexibility index (Phi) is 13.8. The van der Waals surface area contributed by atoms with Gasteiger partial charge in [0.15, 0.2) is 0 Å². The second kappa shape index (κ2) is 16.5. The zero-order valence-corrected chi connectivity index (χ0v) is 26.0. The molecule has 0 aromatic rings. The third-order valence-corrected chi connectivity index (χ3v) is 9.62. The molecule has 0 amide bonds. The molecule has 0 radical (unpaired) electrons. The van der Waals surface area contributed by atoms with Gasteiger partial charge >= 0.3 is 0 Å². The quantitative estimate of drug-likeness (QED) is 0.111. The first-order chi connectivity index (χ1) is 19.3. The van der Waals surface area contributed by atoms with Crippen LogP contribution in [0.15, 0.2) is 0 Å². The maximum Gasteiger partial charge on any atom is 0.132 e. The van der Waals surface area contributed by atoms with Crippen LogP contribution in [-0.4, -0.2) is 54.0 Å². The first-order valence-electron chi connectivity index (χ1n) is 16.7. The minimum absolute atomic E-state index is 0.167. The Morgan fingerprint density at radius 2 is 0.800 bits per heavy atom. The first kappa shape index (κ1) is 33.4. The van der Waals surface area contributed by atoms with Gasteiger partial charge in [0, 0.05) is 77.6 Å². The van der Waals surface area contributed by atoms with Crippen molar-refractivity contribution in [3.8, 4) is 0 Å². The molecule has 4 bridgehead atoms. The summed E-state index contributed by atoms with van der Waals surface area (Å²) in [6, 6.07) is 0. The van der Waals surface area contributed by atoms with E-state index < -0.39 is 0 Å². The monoisotopic (exact) mass is 562 g/mol. The van der Waals surface area contributed by atoms with Crippen molar-refractivity contribution in [2.75, 3.05) is 19.8 Å². The molecule has 4 aliphatic carbocycles. The highest BCUT2D eigenvalue weighted by molar-refractivity contribution is 5.78. The Morgan fingerprint density at radius 3 is 1.07 bits per heavy atom. The van der Waals surface area contributed by atoms with Gasteiger partial charge in [0.25, 0.3) is 0 Å². The number of Topliss-reactive ketones (excluding diaryl/α,β-unsaturated/α-hetero) is 3. The molecule has 0 spiro atoms. The van der Waals surface area contributed by atoms with Crippen LogP contribution in [-0.2, 0) is 28.6 Å². The van der Waals surface area contributed by atoms with E-state index in [1.807, 2.05) is 20.8 Å². The number of rotatable bonds is 24. The molecule has 6 heteroatoms. The van der Waals surface area contributed by atoms with Crippen LogP contribution in [0.1, 0.15) is 156 Å². The minimum Gasteiger partial charge on any atom is -0.375 e. The molecule has 0 aromatic heterocycles. The zero-order chi connectivity index (χ0) is 28.9. The van der Waals surface area contributed by atoms with Crippen molar-refractivity contribution in [2.24, 2.45) is 5.92 Å².